The molecular formula is C8H12NO+. The van der Waals surface area contributed by atoms with Gasteiger partial charge in [-0.05, 0) is 12.1 Å². The molecule has 1 aromatic rings. The Labute approximate surface area is 60.6 Å². The fourth-order valence-corrected chi connectivity index (χ4v) is 0.828. The van der Waals surface area contributed by atoms with Gasteiger partial charge in [-0.1, -0.05) is 12.1 Å². The molecule has 0 radical (unpaired) electrons. The van der Waals surface area contributed by atoms with Crippen LogP contribution in [0.3, 0.4) is 0 Å². The predicted octanol–water partition coefficient (Wildman–Crippen LogP) is 0.437. The van der Waals surface area contributed by atoms with Crippen LogP contribution in [-0.4, -0.2) is 7.11 Å². The van der Waals surface area contributed by atoms with Gasteiger partial charge in [0, 0.05) is 5.56 Å². The average Bonchev–Trinajstić information content (AvgIpc) is 2.05. The summed E-state index contributed by atoms with van der Waals surface area (Å²) < 4.78 is 5.03. The van der Waals surface area contributed by atoms with E-state index in [1.807, 2.05) is 24.3 Å². The lowest BCUT2D eigenvalue weighted by Crippen LogP contribution is -2.47. The number of quaternary nitrogens is 1. The minimum atomic E-state index is 0.817. The van der Waals surface area contributed by atoms with Crippen LogP contribution in [0.25, 0.3) is 0 Å². The lowest BCUT2D eigenvalue weighted by molar-refractivity contribution is -0.386. The van der Waals surface area contributed by atoms with Crippen LogP contribution in [0.15, 0.2) is 24.3 Å². The number of methoxy groups -OCH3 is 1. The van der Waals surface area contributed by atoms with Crippen molar-refractivity contribution >= 4 is 0 Å². The number of hydrogen-bond acceptors (Lipinski definition) is 1. The lowest BCUT2D eigenvalue weighted by Gasteiger charge is -1.99. The highest BCUT2D eigenvalue weighted by atomic mass is 16.5. The predicted molar refractivity (Wildman–Crippen MR) is 39.6 cm³/mol. The number of rotatable bonds is 2. The first kappa shape index (κ1) is 7.09. The normalized spacial score (nSPS) is 9.40. The molecule has 0 fully saturated rings. The Bertz CT molecular complexity index is 191. The number of hydrogen-bond donors (Lipinski definition) is 1. The standard InChI is InChI=1S/C8H11NO/c1-10-8-4-2-3-7(5-8)6-9/h2-5H,6,9H2,1H3/p+1. The van der Waals surface area contributed by atoms with Crippen molar-refractivity contribution in [3.63, 3.8) is 0 Å². The summed E-state index contributed by atoms with van der Waals surface area (Å²) in [6, 6.07) is 7.93. The van der Waals surface area contributed by atoms with Gasteiger partial charge in [0.2, 0.25) is 0 Å². The van der Waals surface area contributed by atoms with Crippen LogP contribution in [0.1, 0.15) is 5.56 Å². The highest BCUT2D eigenvalue weighted by molar-refractivity contribution is 5.27. The minimum Gasteiger partial charge on any atom is -0.497 e. The molecule has 0 bridgehead atoms. The Morgan fingerprint density at radius 1 is 1.50 bits per heavy atom. The Balaban J connectivity index is 2.87. The fourth-order valence-electron chi connectivity index (χ4n) is 0.828. The van der Waals surface area contributed by atoms with Gasteiger partial charge in [-0.2, -0.15) is 0 Å². The second-order valence-corrected chi connectivity index (χ2v) is 2.10. The second kappa shape index (κ2) is 3.22. The van der Waals surface area contributed by atoms with Gasteiger partial charge in [0.15, 0.2) is 0 Å². The van der Waals surface area contributed by atoms with E-state index in [1.165, 1.54) is 5.56 Å². The smallest absolute Gasteiger partial charge is 0.119 e. The second-order valence-electron chi connectivity index (χ2n) is 2.10. The summed E-state index contributed by atoms with van der Waals surface area (Å²) >= 11 is 0. The van der Waals surface area contributed by atoms with Crippen LogP contribution < -0.4 is 10.5 Å². The molecule has 0 saturated heterocycles. The van der Waals surface area contributed by atoms with Crippen LogP contribution in [0.5, 0.6) is 5.75 Å². The van der Waals surface area contributed by atoms with Crippen molar-refractivity contribution in [2.45, 2.75) is 6.54 Å². The van der Waals surface area contributed by atoms with Gasteiger partial charge in [-0.3, -0.25) is 0 Å². The van der Waals surface area contributed by atoms with Crippen LogP contribution in [0.2, 0.25) is 0 Å². The Hall–Kier alpha value is -1.02. The summed E-state index contributed by atoms with van der Waals surface area (Å²) in [5, 5.41) is 0. The molecule has 54 valence electrons. The van der Waals surface area contributed by atoms with Gasteiger partial charge in [0.1, 0.15) is 5.75 Å². The molecule has 0 amide bonds. The zero-order valence-electron chi connectivity index (χ0n) is 6.13. The third-order valence-corrected chi connectivity index (χ3v) is 1.42. The van der Waals surface area contributed by atoms with E-state index in [2.05, 4.69) is 5.73 Å². The van der Waals surface area contributed by atoms with Gasteiger partial charge in [-0.25, -0.2) is 0 Å². The molecule has 10 heavy (non-hydrogen) atoms. The molecule has 3 N–H and O–H groups in total. The van der Waals surface area contributed by atoms with Crippen molar-refractivity contribution in [2.75, 3.05) is 7.11 Å². The van der Waals surface area contributed by atoms with Crippen molar-refractivity contribution in [3.05, 3.63) is 29.8 Å². The number of benzene rings is 1. The Kier molecular flexibility index (Phi) is 2.29. The first-order valence-corrected chi connectivity index (χ1v) is 3.29. The third-order valence-electron chi connectivity index (χ3n) is 1.42. The van der Waals surface area contributed by atoms with Crippen LogP contribution in [0, 0.1) is 0 Å². The van der Waals surface area contributed by atoms with E-state index in [9.17, 15) is 0 Å². The molecular weight excluding hydrogens is 126 g/mol. The topological polar surface area (TPSA) is 36.9 Å². The molecule has 0 atom stereocenters. The summed E-state index contributed by atoms with van der Waals surface area (Å²) in [5.41, 5.74) is 4.98. The van der Waals surface area contributed by atoms with Crippen LogP contribution in [-0.2, 0) is 6.54 Å². The maximum atomic E-state index is 5.03. The fraction of sp³-hybridized carbons (Fsp3) is 0.250. The monoisotopic (exact) mass is 138 g/mol. The molecule has 0 unspecified atom stereocenters. The summed E-state index contributed by atoms with van der Waals surface area (Å²) in [6.45, 7) is 0.817. The quantitative estimate of drug-likeness (QED) is 0.632. The molecule has 0 saturated carbocycles. The van der Waals surface area contributed by atoms with Crippen molar-refractivity contribution in [2.24, 2.45) is 0 Å². The molecule has 0 aliphatic heterocycles. The van der Waals surface area contributed by atoms with Crippen molar-refractivity contribution in [1.29, 1.82) is 0 Å². The van der Waals surface area contributed by atoms with Crippen LogP contribution in [0.4, 0.5) is 0 Å². The molecule has 2 heteroatoms. The van der Waals surface area contributed by atoms with Crippen molar-refractivity contribution < 1.29 is 10.5 Å². The van der Waals surface area contributed by atoms with Gasteiger partial charge < -0.3 is 10.5 Å². The maximum Gasteiger partial charge on any atom is 0.119 e. The summed E-state index contributed by atoms with van der Waals surface area (Å²) in [6.07, 6.45) is 0. The van der Waals surface area contributed by atoms with E-state index in [-0.39, 0.29) is 0 Å². The highest BCUT2D eigenvalue weighted by Gasteiger charge is 1.92. The molecule has 0 aliphatic carbocycles. The van der Waals surface area contributed by atoms with Gasteiger partial charge in [-0.15, -0.1) is 0 Å². The Morgan fingerprint density at radius 3 is 2.90 bits per heavy atom. The summed E-state index contributed by atoms with van der Waals surface area (Å²) in [7, 11) is 1.67. The van der Waals surface area contributed by atoms with E-state index in [1.54, 1.807) is 7.11 Å². The van der Waals surface area contributed by atoms with Gasteiger partial charge in [0.05, 0.1) is 13.7 Å². The molecule has 0 aromatic heterocycles. The highest BCUT2D eigenvalue weighted by Crippen LogP contribution is 2.10. The van der Waals surface area contributed by atoms with Gasteiger partial charge >= 0.3 is 0 Å². The Morgan fingerprint density at radius 2 is 2.30 bits per heavy atom. The third kappa shape index (κ3) is 1.48. The van der Waals surface area contributed by atoms with Crippen molar-refractivity contribution in [1.82, 2.24) is 0 Å². The lowest BCUT2D eigenvalue weighted by atomic mass is 10.2. The summed E-state index contributed by atoms with van der Waals surface area (Å²) in [4.78, 5) is 0. The SMILES string of the molecule is COc1cccc(C[NH3+])c1. The molecule has 2 nitrogen and oxygen atoms in total. The largest absolute Gasteiger partial charge is 0.497 e. The van der Waals surface area contributed by atoms with E-state index >= 15 is 0 Å². The van der Waals surface area contributed by atoms with Crippen molar-refractivity contribution in [3.8, 4) is 5.75 Å². The molecule has 0 aliphatic rings. The van der Waals surface area contributed by atoms with E-state index in [0.717, 1.165) is 12.3 Å². The molecule has 1 aromatic carbocycles. The van der Waals surface area contributed by atoms with E-state index in [4.69, 9.17) is 4.74 Å². The van der Waals surface area contributed by atoms with Crippen LogP contribution >= 0.6 is 0 Å². The maximum absolute atomic E-state index is 5.03. The molecule has 0 spiro atoms. The van der Waals surface area contributed by atoms with E-state index in [0.29, 0.717) is 0 Å². The molecule has 1 rings (SSSR count). The van der Waals surface area contributed by atoms with E-state index < -0.39 is 0 Å². The molecule has 0 heterocycles. The minimum absolute atomic E-state index is 0.817. The zero-order valence-corrected chi connectivity index (χ0v) is 6.13. The first-order valence-electron chi connectivity index (χ1n) is 3.29. The average molecular weight is 138 g/mol. The van der Waals surface area contributed by atoms with Gasteiger partial charge in [0.25, 0.3) is 0 Å². The first-order chi connectivity index (χ1) is 4.86. The zero-order chi connectivity index (χ0) is 7.40. The number of ether oxygens (including phenoxy) is 1. The summed E-state index contributed by atoms with van der Waals surface area (Å²) in [5.74, 6) is 0.904.